The summed E-state index contributed by atoms with van der Waals surface area (Å²) in [6.07, 6.45) is 17.7. The summed E-state index contributed by atoms with van der Waals surface area (Å²) < 4.78 is 6.22. The minimum atomic E-state index is -1.15. The number of aromatic hydroxyl groups is 4. The van der Waals surface area contributed by atoms with Gasteiger partial charge in [-0.25, -0.2) is 9.59 Å². The Morgan fingerprint density at radius 2 is 1.19 bits per heavy atom. The molecular formula is C54H76O8. The highest BCUT2D eigenvalue weighted by atomic mass is 16.5. The summed E-state index contributed by atoms with van der Waals surface area (Å²) in [4.78, 5) is 25.6. The maximum absolute atomic E-state index is 13.8. The Bertz CT molecular complexity index is 2080. The standard InChI is InChI=1S/C32H46O4.C22H30O4/c1-8-9-10-11-21-15-25(33)28(24-14-20(4)12-13-23(24)19(2)3)29(34)27(21)30(35)36-26-16-22-17-32(26,7)18-31(22,5)6;1-5-6-7-8-15-12-18(23)20(21(24)19(15)22(25)26)17-11-14(4)9-10-16(17)13(2)3/h14-15,22-24,26,33-34H,2,8-13,16-18H2,1,3-7H3;11-12,16-17,23-24H,2,5-10H2,1,3-4H3,(H,25,26)/t22?,23-,24+,26?,32?;16-,17+/m00/s1. The molecule has 3 unspecified atom stereocenters. The van der Waals surface area contributed by atoms with Crippen molar-refractivity contribution in [2.75, 3.05) is 0 Å². The van der Waals surface area contributed by atoms with Crippen LogP contribution in [0.5, 0.6) is 23.0 Å². The number of unbranched alkanes of at least 4 members (excludes halogenated alkanes) is 4. The average Bonchev–Trinajstić information content (AvgIpc) is 3.62. The van der Waals surface area contributed by atoms with Crippen LogP contribution < -0.4 is 0 Å². The number of aryl methyl sites for hydroxylation is 2. The van der Waals surface area contributed by atoms with Crippen molar-refractivity contribution in [2.45, 2.75) is 177 Å². The van der Waals surface area contributed by atoms with Crippen LogP contribution in [0.2, 0.25) is 0 Å². The van der Waals surface area contributed by atoms with Gasteiger partial charge in [-0.05, 0) is 145 Å². The average molecular weight is 853 g/mol. The Morgan fingerprint density at radius 3 is 1.58 bits per heavy atom. The van der Waals surface area contributed by atoms with Crippen LogP contribution >= 0.6 is 0 Å². The van der Waals surface area contributed by atoms with Gasteiger partial charge in [0.1, 0.15) is 40.2 Å². The predicted octanol–water partition coefficient (Wildman–Crippen LogP) is 13.8. The van der Waals surface area contributed by atoms with Crippen molar-refractivity contribution in [1.82, 2.24) is 0 Å². The molecule has 0 amide bonds. The van der Waals surface area contributed by atoms with Crippen molar-refractivity contribution in [1.29, 1.82) is 0 Å². The quantitative estimate of drug-likeness (QED) is 0.0677. The van der Waals surface area contributed by atoms with Crippen molar-refractivity contribution in [3.05, 3.63) is 93.1 Å². The number of fused-ring (bicyclic) bond motifs is 2. The van der Waals surface area contributed by atoms with Gasteiger partial charge in [0.15, 0.2) is 0 Å². The smallest absolute Gasteiger partial charge is 0.342 e. The van der Waals surface area contributed by atoms with E-state index in [1.165, 1.54) is 17.2 Å². The van der Waals surface area contributed by atoms with Gasteiger partial charge >= 0.3 is 11.9 Å². The van der Waals surface area contributed by atoms with E-state index >= 15 is 0 Å². The first-order chi connectivity index (χ1) is 29.1. The molecule has 62 heavy (non-hydrogen) atoms. The molecule has 2 fully saturated rings. The molecule has 6 rings (SSSR count). The van der Waals surface area contributed by atoms with Gasteiger partial charge in [-0.3, -0.25) is 0 Å². The van der Waals surface area contributed by atoms with E-state index in [1.807, 2.05) is 26.8 Å². The fourth-order valence-electron chi connectivity index (χ4n) is 11.6. The first-order valence-corrected chi connectivity index (χ1v) is 23.4. The number of hydrogen-bond acceptors (Lipinski definition) is 7. The monoisotopic (exact) mass is 853 g/mol. The lowest BCUT2D eigenvalue weighted by molar-refractivity contribution is -0.0224. The number of phenolic OH excluding ortho intramolecular Hbond substituents is 3. The number of hydrogen-bond donors (Lipinski definition) is 5. The molecule has 8 heteroatoms. The van der Waals surface area contributed by atoms with E-state index in [0.29, 0.717) is 41.0 Å². The molecule has 0 radical (unpaired) electrons. The molecule has 5 N–H and O–H groups in total. The number of carboxylic acids is 1. The van der Waals surface area contributed by atoms with Crippen molar-refractivity contribution >= 4 is 11.9 Å². The van der Waals surface area contributed by atoms with E-state index in [9.17, 15) is 35.1 Å². The summed E-state index contributed by atoms with van der Waals surface area (Å²) >= 11 is 0. The Morgan fingerprint density at radius 1 is 0.742 bits per heavy atom. The minimum Gasteiger partial charge on any atom is -0.507 e. The Hall–Kier alpha value is -4.46. The molecule has 4 aliphatic carbocycles. The molecule has 2 aromatic rings. The second-order valence-electron chi connectivity index (χ2n) is 20.5. The molecule has 4 aliphatic rings. The zero-order chi connectivity index (χ0) is 45.8. The van der Waals surface area contributed by atoms with Crippen molar-refractivity contribution < 1.29 is 39.9 Å². The van der Waals surface area contributed by atoms with E-state index < -0.39 is 11.9 Å². The molecule has 0 saturated heterocycles. The molecule has 0 heterocycles. The SMILES string of the molecule is C=C(C)[C@@H]1CCC(C)=C[C@H]1c1c(O)cc(CCCCC)c(C(=O)O)c1O.C=C(C)[C@@H]1CCC(C)=C[C@H]1c1c(O)cc(CCCCC)c(C(=O)OC2CC3CC2(C)CC3(C)C)c1O. The third kappa shape index (κ3) is 10.3. The number of aromatic carboxylic acids is 1. The second-order valence-corrected chi connectivity index (χ2v) is 20.5. The zero-order valence-corrected chi connectivity index (χ0v) is 39.3. The molecule has 0 spiro atoms. The van der Waals surface area contributed by atoms with E-state index in [-0.39, 0.29) is 74.7 Å². The number of carbonyl (C=O) groups is 2. The lowest BCUT2D eigenvalue weighted by Gasteiger charge is -2.38. The third-order valence-electron chi connectivity index (χ3n) is 14.9. The van der Waals surface area contributed by atoms with Gasteiger partial charge in [-0.2, -0.15) is 0 Å². The highest BCUT2D eigenvalue weighted by Crippen LogP contribution is 2.63. The molecule has 0 aliphatic heterocycles. The van der Waals surface area contributed by atoms with Gasteiger partial charge < -0.3 is 30.3 Å². The first kappa shape index (κ1) is 48.6. The Kier molecular flexibility index (Phi) is 15.6. The van der Waals surface area contributed by atoms with E-state index in [4.69, 9.17) is 4.74 Å². The lowest BCUT2D eigenvalue weighted by Crippen LogP contribution is -2.37. The van der Waals surface area contributed by atoms with Crippen LogP contribution in [0.15, 0.2) is 59.7 Å². The van der Waals surface area contributed by atoms with Gasteiger partial charge in [-0.1, -0.05) is 108 Å². The van der Waals surface area contributed by atoms with E-state index in [1.54, 1.807) is 6.07 Å². The molecule has 8 nitrogen and oxygen atoms in total. The summed E-state index contributed by atoms with van der Waals surface area (Å²) in [6.45, 7) is 27.4. The Labute approximate surface area is 371 Å². The van der Waals surface area contributed by atoms with Crippen LogP contribution in [0.3, 0.4) is 0 Å². The highest BCUT2D eigenvalue weighted by molar-refractivity contribution is 5.96. The summed E-state index contributed by atoms with van der Waals surface area (Å²) in [5.41, 5.74) is 6.76. The number of ether oxygens (including phenoxy) is 1. The summed E-state index contributed by atoms with van der Waals surface area (Å²) in [5, 5.41) is 54.0. The number of rotatable bonds is 15. The number of esters is 1. The van der Waals surface area contributed by atoms with Gasteiger partial charge in [0.2, 0.25) is 0 Å². The van der Waals surface area contributed by atoms with Gasteiger partial charge in [0.05, 0.1) is 0 Å². The van der Waals surface area contributed by atoms with E-state index in [0.717, 1.165) is 94.6 Å². The maximum Gasteiger partial charge on any atom is 0.342 e. The van der Waals surface area contributed by atoms with Crippen LogP contribution in [-0.4, -0.2) is 43.6 Å². The first-order valence-electron chi connectivity index (χ1n) is 23.4. The number of carbonyl (C=O) groups excluding carboxylic acids is 1. The fourth-order valence-corrected chi connectivity index (χ4v) is 11.6. The maximum atomic E-state index is 13.8. The minimum absolute atomic E-state index is 0.0180. The molecule has 2 saturated carbocycles. The van der Waals surface area contributed by atoms with Gasteiger partial charge in [0.25, 0.3) is 0 Å². The highest BCUT2D eigenvalue weighted by Gasteiger charge is 2.59. The molecular weight excluding hydrogens is 777 g/mol. The second kappa shape index (κ2) is 19.9. The lowest BCUT2D eigenvalue weighted by atomic mass is 9.71. The molecule has 0 aromatic heterocycles. The number of allylic oxidation sites excluding steroid dienone is 6. The molecule has 2 bridgehead atoms. The molecule has 340 valence electrons. The van der Waals surface area contributed by atoms with Crippen LogP contribution in [0, 0.1) is 28.6 Å². The summed E-state index contributed by atoms with van der Waals surface area (Å²) in [6, 6.07) is 3.24. The predicted molar refractivity (Wildman–Crippen MR) is 249 cm³/mol. The topological polar surface area (TPSA) is 145 Å². The van der Waals surface area contributed by atoms with Crippen LogP contribution in [-0.2, 0) is 17.6 Å². The normalized spacial score (nSPS) is 26.2. The van der Waals surface area contributed by atoms with Gasteiger partial charge in [0, 0.05) is 28.4 Å². The summed E-state index contributed by atoms with van der Waals surface area (Å²) in [7, 11) is 0. The molecule has 7 atom stereocenters. The third-order valence-corrected chi connectivity index (χ3v) is 14.9. The van der Waals surface area contributed by atoms with Crippen LogP contribution in [0.4, 0.5) is 0 Å². The molecule has 2 aromatic carbocycles. The Balaban J connectivity index is 0.000000247. The number of benzene rings is 2. The fraction of sp³-hybridized carbons (Fsp3) is 0.593. The summed E-state index contributed by atoms with van der Waals surface area (Å²) in [5.74, 6) is -1.72. The van der Waals surface area contributed by atoms with Crippen molar-refractivity contribution in [3.63, 3.8) is 0 Å². The number of carboxylic acid groups (broad SMARTS) is 1. The zero-order valence-electron chi connectivity index (χ0n) is 39.3. The van der Waals surface area contributed by atoms with Crippen molar-refractivity contribution in [2.24, 2.45) is 28.6 Å². The van der Waals surface area contributed by atoms with Gasteiger partial charge in [-0.15, -0.1) is 0 Å². The number of phenols is 4. The van der Waals surface area contributed by atoms with Crippen LogP contribution in [0.25, 0.3) is 0 Å². The van der Waals surface area contributed by atoms with Crippen LogP contribution in [0.1, 0.15) is 201 Å². The van der Waals surface area contributed by atoms with E-state index in [2.05, 4.69) is 60.8 Å². The van der Waals surface area contributed by atoms with Crippen molar-refractivity contribution in [3.8, 4) is 23.0 Å². The largest absolute Gasteiger partial charge is 0.507 e.